The summed E-state index contributed by atoms with van der Waals surface area (Å²) in [5.74, 6) is -1.02. The molecule has 28 heteroatoms. The number of rotatable bonds is 40. The van der Waals surface area contributed by atoms with Crippen molar-refractivity contribution in [3.8, 4) is 0 Å². The Morgan fingerprint density at radius 2 is 1.40 bits per heavy atom. The first-order valence-electron chi connectivity index (χ1n) is 25.3. The SMILES string of the molecule is CCCCCCCC/C=C/CCCCCCCCCCCCCC(=O)SCCNC(=O)CCNC(=O)C(O)C(C)(C)COP(=O)(O)OP(=O)(O)OCC1OC(n2cnc3c(N)ncnc32)C(O)C1OP(=O)(O)O. The summed E-state index contributed by atoms with van der Waals surface area (Å²) in [6, 6.07) is 0. The predicted octanol–water partition coefficient (Wildman–Crippen LogP) is 7.04. The van der Waals surface area contributed by atoms with Crippen LogP contribution in [0.2, 0.25) is 0 Å². The van der Waals surface area contributed by atoms with Crippen molar-refractivity contribution >= 4 is 69.1 Å². The number of ether oxygens (including phenoxy) is 1. The number of aliphatic hydroxyl groups is 2. The van der Waals surface area contributed by atoms with E-state index >= 15 is 0 Å². The van der Waals surface area contributed by atoms with E-state index in [-0.39, 0.29) is 41.6 Å². The topological polar surface area (TPSA) is 364 Å². The molecule has 3 heterocycles. The molecule has 0 aliphatic carbocycles. The van der Waals surface area contributed by atoms with Gasteiger partial charge in [0.05, 0.1) is 19.5 Å². The van der Waals surface area contributed by atoms with Gasteiger partial charge in [0.1, 0.15) is 36.3 Å². The zero-order valence-electron chi connectivity index (χ0n) is 42.4. The van der Waals surface area contributed by atoms with E-state index in [1.807, 2.05) is 0 Å². The third kappa shape index (κ3) is 25.8. The van der Waals surface area contributed by atoms with Crippen molar-refractivity contribution < 1.29 is 80.5 Å². The van der Waals surface area contributed by atoms with Crippen LogP contribution in [0.3, 0.4) is 0 Å². The van der Waals surface area contributed by atoms with Gasteiger partial charge in [-0.1, -0.05) is 135 Å². The quantitative estimate of drug-likeness (QED) is 0.0183. The van der Waals surface area contributed by atoms with Gasteiger partial charge in [0.2, 0.25) is 11.8 Å². The van der Waals surface area contributed by atoms with E-state index in [0.717, 1.165) is 48.2 Å². The van der Waals surface area contributed by atoms with E-state index < -0.39 is 84.6 Å². The molecule has 0 bridgehead atoms. The molecular formula is C45H80N7O17P3S. The molecule has 73 heavy (non-hydrogen) atoms. The number of phosphoric acid groups is 3. The number of phosphoric ester groups is 3. The molecule has 1 aliphatic rings. The molecule has 0 radical (unpaired) electrons. The number of hydrogen-bond donors (Lipinski definition) is 9. The van der Waals surface area contributed by atoms with Crippen LogP contribution in [0.1, 0.15) is 162 Å². The molecule has 1 saturated heterocycles. The molecule has 0 saturated carbocycles. The van der Waals surface area contributed by atoms with Crippen molar-refractivity contribution in [3.63, 3.8) is 0 Å². The van der Waals surface area contributed by atoms with Gasteiger partial charge >= 0.3 is 23.5 Å². The van der Waals surface area contributed by atoms with E-state index in [1.165, 1.54) is 117 Å². The molecule has 7 unspecified atom stereocenters. The number of nitrogen functional groups attached to an aromatic ring is 1. The van der Waals surface area contributed by atoms with Crippen LogP contribution in [0.15, 0.2) is 24.8 Å². The number of fused-ring (bicyclic) bond motifs is 1. The van der Waals surface area contributed by atoms with Gasteiger partial charge in [0, 0.05) is 37.1 Å². The van der Waals surface area contributed by atoms with Gasteiger partial charge in [-0.05, 0) is 32.1 Å². The Morgan fingerprint density at radius 1 is 0.822 bits per heavy atom. The predicted molar refractivity (Wildman–Crippen MR) is 274 cm³/mol. The zero-order chi connectivity index (χ0) is 53.9. The molecule has 2 aromatic rings. The highest BCUT2D eigenvalue weighted by Crippen LogP contribution is 2.61. The van der Waals surface area contributed by atoms with Crippen LogP contribution in [-0.4, -0.2) is 123 Å². The maximum atomic E-state index is 12.8. The Labute approximate surface area is 432 Å². The first-order valence-corrected chi connectivity index (χ1v) is 30.8. The van der Waals surface area contributed by atoms with Crippen molar-refractivity contribution in [3.05, 3.63) is 24.8 Å². The summed E-state index contributed by atoms with van der Waals surface area (Å²) in [4.78, 5) is 88.6. The van der Waals surface area contributed by atoms with Crippen LogP contribution < -0.4 is 16.4 Å². The number of anilines is 1. The van der Waals surface area contributed by atoms with Crippen LogP contribution in [-0.2, 0) is 50.7 Å². The highest BCUT2D eigenvalue weighted by molar-refractivity contribution is 8.13. The number of allylic oxidation sites excluding steroid dienone is 2. The molecule has 7 atom stereocenters. The Bertz CT molecular complexity index is 2150. The molecule has 1 fully saturated rings. The van der Waals surface area contributed by atoms with Crippen molar-refractivity contribution in [2.45, 2.75) is 186 Å². The van der Waals surface area contributed by atoms with E-state index in [1.54, 1.807) is 0 Å². The Morgan fingerprint density at radius 3 is 2.00 bits per heavy atom. The molecular weight excluding hydrogens is 1040 g/mol. The minimum absolute atomic E-state index is 0.0339. The minimum atomic E-state index is -5.58. The fourth-order valence-corrected chi connectivity index (χ4v) is 11.3. The molecule has 10 N–H and O–H groups in total. The number of carbonyl (C=O) groups is 3. The van der Waals surface area contributed by atoms with Crippen molar-refractivity contribution in [2.24, 2.45) is 5.41 Å². The molecule has 2 aromatic heterocycles. The second-order valence-electron chi connectivity index (χ2n) is 18.7. The molecule has 24 nitrogen and oxygen atoms in total. The van der Waals surface area contributed by atoms with E-state index in [9.17, 15) is 57.9 Å². The summed E-state index contributed by atoms with van der Waals surface area (Å²) in [6.45, 7) is 2.83. The Balaban J connectivity index is 1.23. The number of imidazole rings is 1. The van der Waals surface area contributed by atoms with Crippen LogP contribution in [0, 0.1) is 5.41 Å². The second kappa shape index (κ2) is 33.5. The molecule has 2 amide bonds. The number of nitrogens with zero attached hydrogens (tertiary/aromatic N) is 4. The first-order chi connectivity index (χ1) is 34.6. The first kappa shape index (κ1) is 64.6. The summed E-state index contributed by atoms with van der Waals surface area (Å²) in [6.07, 6.45) is 22.0. The lowest BCUT2D eigenvalue weighted by Crippen LogP contribution is -2.46. The van der Waals surface area contributed by atoms with Crippen LogP contribution >= 0.6 is 35.2 Å². The lowest BCUT2D eigenvalue weighted by atomic mass is 9.87. The third-order valence-corrected chi connectivity index (χ3v) is 15.9. The van der Waals surface area contributed by atoms with Crippen LogP contribution in [0.4, 0.5) is 5.82 Å². The Kier molecular flexibility index (Phi) is 29.6. The summed E-state index contributed by atoms with van der Waals surface area (Å²) >= 11 is 1.16. The number of amides is 2. The number of nitrogens with one attached hydrogen (secondary N) is 2. The summed E-state index contributed by atoms with van der Waals surface area (Å²) in [5.41, 5.74) is 4.29. The molecule has 1 aliphatic heterocycles. The summed E-state index contributed by atoms with van der Waals surface area (Å²) in [5, 5.41) is 26.7. The van der Waals surface area contributed by atoms with Crippen LogP contribution in [0.25, 0.3) is 11.2 Å². The number of carbonyl (C=O) groups excluding carboxylic acids is 3. The standard InChI is InChI=1S/C45H80N7O17P3S/c1-4-5-6-7-8-9-10-11-12-13-14-15-16-17-18-19-20-21-22-23-24-25-36(54)73-29-28-47-35(53)26-27-48-43(57)40(56)45(2,3)31-66-72(63,64)69-71(61,62)65-30-34-39(68-70(58,59)60)38(55)44(67-34)52-33-51-37-41(46)49-32-50-42(37)52/h11-12,32-34,38-40,44,55-56H,4-10,13-31H2,1-3H3,(H,47,53)(H,48,57)(H,61,62)(H,63,64)(H2,46,49,50)(H2,58,59,60)/b12-11+. The van der Waals surface area contributed by atoms with Crippen molar-refractivity contribution in [1.82, 2.24) is 30.2 Å². The normalized spacial score (nSPS) is 19.5. The number of nitrogens with two attached hydrogens (primary N) is 1. The van der Waals surface area contributed by atoms with Crippen LogP contribution in [0.5, 0.6) is 0 Å². The average Bonchev–Trinajstić information content (AvgIpc) is 3.88. The molecule has 418 valence electrons. The summed E-state index contributed by atoms with van der Waals surface area (Å²) < 4.78 is 62.5. The monoisotopic (exact) mass is 1120 g/mol. The number of aromatic nitrogens is 4. The van der Waals surface area contributed by atoms with Gasteiger partial charge in [0.15, 0.2) is 22.8 Å². The second-order valence-corrected chi connectivity index (χ2v) is 24.1. The fourth-order valence-electron chi connectivity index (χ4n) is 7.77. The highest BCUT2D eigenvalue weighted by atomic mass is 32.2. The van der Waals surface area contributed by atoms with Gasteiger partial charge in [-0.15, -0.1) is 0 Å². The fraction of sp³-hybridized carbons (Fsp3) is 0.778. The lowest BCUT2D eigenvalue weighted by molar-refractivity contribution is -0.137. The zero-order valence-corrected chi connectivity index (χ0v) is 45.9. The van der Waals surface area contributed by atoms with Gasteiger partial charge < -0.3 is 50.9 Å². The summed E-state index contributed by atoms with van der Waals surface area (Å²) in [7, 11) is -16.4. The average molecular weight is 1120 g/mol. The molecule has 0 spiro atoms. The van der Waals surface area contributed by atoms with Gasteiger partial charge in [-0.2, -0.15) is 4.31 Å². The van der Waals surface area contributed by atoms with E-state index in [4.69, 9.17) is 19.5 Å². The number of thioether (sulfide) groups is 1. The Hall–Kier alpha value is -2.70. The number of hydrogen-bond acceptors (Lipinski definition) is 18. The molecule has 3 rings (SSSR count). The van der Waals surface area contributed by atoms with Crippen molar-refractivity contribution in [1.29, 1.82) is 0 Å². The lowest BCUT2D eigenvalue weighted by Gasteiger charge is -2.30. The van der Waals surface area contributed by atoms with E-state index in [2.05, 4.69) is 53.5 Å². The van der Waals surface area contributed by atoms with Gasteiger partial charge in [-0.3, -0.25) is 32.5 Å². The van der Waals surface area contributed by atoms with Crippen molar-refractivity contribution in [2.75, 3.05) is 37.8 Å². The maximum absolute atomic E-state index is 12.8. The third-order valence-electron chi connectivity index (χ3n) is 11.9. The smallest absolute Gasteiger partial charge is 0.386 e. The number of aliphatic hydroxyl groups excluding tert-OH is 2. The van der Waals surface area contributed by atoms with E-state index in [0.29, 0.717) is 12.2 Å². The van der Waals surface area contributed by atoms with Gasteiger partial charge in [-0.25, -0.2) is 28.6 Å². The number of unbranched alkanes of at least 4 members (excludes halogenated alkanes) is 17. The highest BCUT2D eigenvalue weighted by Gasteiger charge is 2.50. The van der Waals surface area contributed by atoms with Gasteiger partial charge in [0.25, 0.3) is 0 Å². The molecule has 0 aromatic carbocycles. The largest absolute Gasteiger partial charge is 0.481 e. The maximum Gasteiger partial charge on any atom is 0.481 e. The minimum Gasteiger partial charge on any atom is -0.386 e.